The fourth-order valence-electron chi connectivity index (χ4n) is 2.82. The minimum absolute atomic E-state index is 0.175. The first kappa shape index (κ1) is 22.1. The molecule has 2 amide bonds. The van der Waals surface area contributed by atoms with Crippen molar-refractivity contribution in [2.24, 2.45) is 0 Å². The average molecular weight is 426 g/mol. The van der Waals surface area contributed by atoms with E-state index in [1.165, 1.54) is 6.07 Å². The summed E-state index contributed by atoms with van der Waals surface area (Å²) < 4.78 is 16.1. The van der Waals surface area contributed by atoms with Gasteiger partial charge in [-0.05, 0) is 63.1 Å². The van der Waals surface area contributed by atoms with E-state index in [4.69, 9.17) is 14.2 Å². The predicted molar refractivity (Wildman–Crippen MR) is 115 cm³/mol. The zero-order valence-corrected chi connectivity index (χ0v) is 17.6. The van der Waals surface area contributed by atoms with E-state index in [0.717, 1.165) is 12.8 Å². The minimum Gasteiger partial charge on any atom is -0.490 e. The maximum Gasteiger partial charge on any atom is 0.338 e. The monoisotopic (exact) mass is 426 g/mol. The molecule has 2 aromatic rings. The van der Waals surface area contributed by atoms with E-state index < -0.39 is 18.5 Å². The van der Waals surface area contributed by atoms with Crippen molar-refractivity contribution in [2.45, 2.75) is 32.7 Å². The van der Waals surface area contributed by atoms with E-state index in [1.807, 2.05) is 13.8 Å². The van der Waals surface area contributed by atoms with Crippen molar-refractivity contribution in [3.05, 3.63) is 53.6 Å². The Bertz CT molecular complexity index is 955. The van der Waals surface area contributed by atoms with Gasteiger partial charge in [0, 0.05) is 17.3 Å². The second kappa shape index (κ2) is 10.5. The summed E-state index contributed by atoms with van der Waals surface area (Å²) in [6.45, 7) is 4.10. The summed E-state index contributed by atoms with van der Waals surface area (Å²) in [5.74, 6) is -0.375. The van der Waals surface area contributed by atoms with Gasteiger partial charge in [0.15, 0.2) is 18.1 Å². The summed E-state index contributed by atoms with van der Waals surface area (Å²) in [4.78, 5) is 36.7. The number of nitrogens with one attached hydrogen (secondary N) is 2. The lowest BCUT2D eigenvalue weighted by Crippen LogP contribution is -2.25. The lowest BCUT2D eigenvalue weighted by atomic mass is 10.2. The molecule has 8 heteroatoms. The van der Waals surface area contributed by atoms with Crippen LogP contribution in [0.15, 0.2) is 42.5 Å². The molecule has 0 heterocycles. The highest BCUT2D eigenvalue weighted by molar-refractivity contribution is 5.98. The van der Waals surface area contributed by atoms with Gasteiger partial charge in [0.1, 0.15) is 0 Å². The van der Waals surface area contributed by atoms with Crippen molar-refractivity contribution < 1.29 is 28.6 Å². The van der Waals surface area contributed by atoms with Crippen LogP contribution in [0.25, 0.3) is 0 Å². The molecule has 3 rings (SSSR count). The second-order valence-corrected chi connectivity index (χ2v) is 6.98. The molecule has 0 aromatic heterocycles. The van der Waals surface area contributed by atoms with Gasteiger partial charge in [-0.25, -0.2) is 4.79 Å². The van der Waals surface area contributed by atoms with Crippen LogP contribution in [0.4, 0.5) is 5.69 Å². The van der Waals surface area contributed by atoms with Gasteiger partial charge in [0.05, 0.1) is 18.8 Å². The molecule has 0 radical (unpaired) electrons. The molecule has 2 aromatic carbocycles. The number of hydrogen-bond acceptors (Lipinski definition) is 6. The van der Waals surface area contributed by atoms with Crippen LogP contribution in [0.2, 0.25) is 0 Å². The van der Waals surface area contributed by atoms with Gasteiger partial charge in [-0.2, -0.15) is 0 Å². The number of ether oxygens (including phenoxy) is 3. The number of esters is 1. The largest absolute Gasteiger partial charge is 0.490 e. The Morgan fingerprint density at radius 2 is 1.68 bits per heavy atom. The topological polar surface area (TPSA) is 103 Å². The first-order valence-corrected chi connectivity index (χ1v) is 10.3. The number of amides is 2. The molecule has 0 bridgehead atoms. The maximum atomic E-state index is 12.3. The van der Waals surface area contributed by atoms with Crippen LogP contribution in [0, 0.1) is 0 Å². The van der Waals surface area contributed by atoms with Crippen molar-refractivity contribution in [3.63, 3.8) is 0 Å². The van der Waals surface area contributed by atoms with Gasteiger partial charge >= 0.3 is 5.97 Å². The second-order valence-electron chi connectivity index (χ2n) is 6.98. The van der Waals surface area contributed by atoms with E-state index in [2.05, 4.69) is 10.6 Å². The molecule has 164 valence electrons. The average Bonchev–Trinajstić information content (AvgIpc) is 3.58. The Kier molecular flexibility index (Phi) is 7.48. The summed E-state index contributed by atoms with van der Waals surface area (Å²) in [6.07, 6.45) is 1.99. The van der Waals surface area contributed by atoms with Gasteiger partial charge in [0.25, 0.3) is 11.8 Å². The van der Waals surface area contributed by atoms with Crippen LogP contribution < -0.4 is 20.1 Å². The molecular formula is C23H26N2O6. The predicted octanol–water partition coefficient (Wildman–Crippen LogP) is 3.17. The maximum absolute atomic E-state index is 12.3. The summed E-state index contributed by atoms with van der Waals surface area (Å²) in [6, 6.07) is 11.5. The van der Waals surface area contributed by atoms with Gasteiger partial charge in [0.2, 0.25) is 0 Å². The summed E-state index contributed by atoms with van der Waals surface area (Å²) >= 11 is 0. The third-order valence-electron chi connectivity index (χ3n) is 4.43. The van der Waals surface area contributed by atoms with Crippen molar-refractivity contribution in [3.8, 4) is 11.5 Å². The Hall–Kier alpha value is -3.55. The minimum atomic E-state index is -0.656. The van der Waals surface area contributed by atoms with E-state index in [-0.39, 0.29) is 17.5 Å². The highest BCUT2D eigenvalue weighted by Crippen LogP contribution is 2.28. The number of rotatable bonds is 10. The fraction of sp³-hybridized carbons (Fsp3) is 0.348. The van der Waals surface area contributed by atoms with Crippen LogP contribution in [-0.2, 0) is 9.53 Å². The van der Waals surface area contributed by atoms with Crippen LogP contribution in [0.5, 0.6) is 11.5 Å². The quantitative estimate of drug-likeness (QED) is 0.566. The van der Waals surface area contributed by atoms with Gasteiger partial charge in [-0.3, -0.25) is 9.59 Å². The smallest absolute Gasteiger partial charge is 0.338 e. The van der Waals surface area contributed by atoms with Gasteiger partial charge < -0.3 is 24.8 Å². The van der Waals surface area contributed by atoms with Crippen LogP contribution in [0.3, 0.4) is 0 Å². The number of carbonyl (C=O) groups is 3. The summed E-state index contributed by atoms with van der Waals surface area (Å²) in [5, 5.41) is 5.52. The molecular weight excluding hydrogens is 400 g/mol. The van der Waals surface area contributed by atoms with E-state index >= 15 is 0 Å². The van der Waals surface area contributed by atoms with Crippen LogP contribution in [-0.4, -0.2) is 43.6 Å². The van der Waals surface area contributed by atoms with Gasteiger partial charge in [-0.15, -0.1) is 0 Å². The summed E-state index contributed by atoms with van der Waals surface area (Å²) in [7, 11) is 0. The molecule has 0 saturated heterocycles. The number of hydrogen-bond donors (Lipinski definition) is 2. The van der Waals surface area contributed by atoms with Crippen molar-refractivity contribution >= 4 is 23.5 Å². The Morgan fingerprint density at radius 1 is 0.935 bits per heavy atom. The van der Waals surface area contributed by atoms with Crippen molar-refractivity contribution in [1.29, 1.82) is 0 Å². The number of benzene rings is 2. The van der Waals surface area contributed by atoms with Crippen molar-refractivity contribution in [2.75, 3.05) is 25.1 Å². The molecule has 0 unspecified atom stereocenters. The molecule has 0 aliphatic heterocycles. The highest BCUT2D eigenvalue weighted by Gasteiger charge is 2.24. The molecule has 2 N–H and O–H groups in total. The summed E-state index contributed by atoms with van der Waals surface area (Å²) in [5.41, 5.74) is 1.15. The molecule has 1 saturated carbocycles. The fourth-order valence-corrected chi connectivity index (χ4v) is 2.82. The third-order valence-corrected chi connectivity index (χ3v) is 4.43. The zero-order chi connectivity index (χ0) is 22.2. The molecule has 1 aliphatic carbocycles. The molecule has 0 spiro atoms. The van der Waals surface area contributed by atoms with Crippen molar-refractivity contribution in [1.82, 2.24) is 5.32 Å². The van der Waals surface area contributed by atoms with Crippen LogP contribution >= 0.6 is 0 Å². The number of carbonyl (C=O) groups excluding carboxylic acids is 3. The molecule has 31 heavy (non-hydrogen) atoms. The van der Waals surface area contributed by atoms with E-state index in [9.17, 15) is 14.4 Å². The molecule has 0 atom stereocenters. The molecule has 1 aliphatic rings. The Balaban J connectivity index is 1.55. The highest BCUT2D eigenvalue weighted by atomic mass is 16.5. The lowest BCUT2D eigenvalue weighted by Gasteiger charge is -2.12. The zero-order valence-electron chi connectivity index (χ0n) is 17.6. The third kappa shape index (κ3) is 6.47. The lowest BCUT2D eigenvalue weighted by molar-refractivity contribution is -0.119. The van der Waals surface area contributed by atoms with E-state index in [0.29, 0.717) is 36.0 Å². The van der Waals surface area contributed by atoms with Crippen LogP contribution in [0.1, 0.15) is 47.4 Å². The normalized spacial score (nSPS) is 12.6. The molecule has 1 fully saturated rings. The Morgan fingerprint density at radius 3 is 2.39 bits per heavy atom. The first-order chi connectivity index (χ1) is 15.0. The molecule has 8 nitrogen and oxygen atoms in total. The Labute approximate surface area is 180 Å². The SMILES string of the molecule is CCOc1ccc(C(=O)OCC(=O)Nc2cccc(C(=O)NC3CC3)c2)cc1OCC. The first-order valence-electron chi connectivity index (χ1n) is 10.3. The number of anilines is 1. The standard InChI is InChI=1S/C23H26N2O6/c1-3-29-19-11-8-16(13-20(19)30-4-2)23(28)31-14-21(26)24-18-7-5-6-15(12-18)22(27)25-17-9-10-17/h5-8,11-13,17H,3-4,9-10,14H2,1-2H3,(H,24,26)(H,25,27). The van der Waals surface area contributed by atoms with E-state index in [1.54, 1.807) is 36.4 Å². The van der Waals surface area contributed by atoms with Gasteiger partial charge in [-0.1, -0.05) is 6.07 Å².